The van der Waals surface area contributed by atoms with Gasteiger partial charge >= 0.3 is 0 Å². The first kappa shape index (κ1) is 33.4. The molecular formula is C32H64N2. The van der Waals surface area contributed by atoms with Gasteiger partial charge in [-0.15, -0.1) is 0 Å². The molecule has 0 N–H and O–H groups in total. The van der Waals surface area contributed by atoms with Crippen LogP contribution in [0.2, 0.25) is 0 Å². The molecule has 0 saturated carbocycles. The van der Waals surface area contributed by atoms with Crippen LogP contribution in [-0.2, 0) is 0 Å². The number of rotatable bonds is 27. The second-order valence-corrected chi connectivity index (χ2v) is 11.4. The molecule has 0 aromatic heterocycles. The van der Waals surface area contributed by atoms with Crippen molar-refractivity contribution >= 4 is 0 Å². The van der Waals surface area contributed by atoms with Crippen molar-refractivity contribution in [2.75, 3.05) is 13.1 Å². The zero-order valence-corrected chi connectivity index (χ0v) is 24.3. The largest absolute Gasteiger partial charge is 0.286 e. The number of nitrogens with zero attached hydrogens (tertiary/aromatic N) is 2. The molecular weight excluding hydrogens is 412 g/mol. The highest BCUT2D eigenvalue weighted by molar-refractivity contribution is 5.01. The molecule has 0 rings (SSSR count). The summed E-state index contributed by atoms with van der Waals surface area (Å²) in [4.78, 5) is 2.46. The molecule has 34 heavy (non-hydrogen) atoms. The zero-order chi connectivity index (χ0) is 25.2. The van der Waals surface area contributed by atoms with Crippen molar-refractivity contribution in [3.05, 3.63) is 0 Å². The molecule has 202 valence electrons. The average Bonchev–Trinajstić information content (AvgIpc) is 2.83. The van der Waals surface area contributed by atoms with E-state index in [0.29, 0.717) is 0 Å². The monoisotopic (exact) mass is 477 g/mol. The van der Waals surface area contributed by atoms with Gasteiger partial charge in [0.15, 0.2) is 0 Å². The Morgan fingerprint density at radius 1 is 0.441 bits per heavy atom. The lowest BCUT2D eigenvalue weighted by atomic mass is 10.0. The molecule has 0 heterocycles. The van der Waals surface area contributed by atoms with Crippen LogP contribution in [0.15, 0.2) is 0 Å². The van der Waals surface area contributed by atoms with Crippen molar-refractivity contribution in [2.24, 2.45) is 0 Å². The minimum absolute atomic E-state index is 0.324. The summed E-state index contributed by atoms with van der Waals surface area (Å²) in [6, 6.07) is 2.55. The molecule has 0 aromatic carbocycles. The summed E-state index contributed by atoms with van der Waals surface area (Å²) in [5.74, 6) is 0. The first-order valence-electron chi connectivity index (χ1n) is 15.7. The Morgan fingerprint density at radius 3 is 0.912 bits per heavy atom. The van der Waals surface area contributed by atoms with E-state index in [-0.39, 0.29) is 5.54 Å². The summed E-state index contributed by atoms with van der Waals surface area (Å²) in [5, 5.41) is 9.66. The summed E-state index contributed by atoms with van der Waals surface area (Å²) >= 11 is 0. The van der Waals surface area contributed by atoms with Crippen LogP contribution in [0, 0.1) is 11.3 Å². The fourth-order valence-corrected chi connectivity index (χ4v) is 5.03. The SMILES string of the molecule is CCCCCCCCCCCCCCN(CCCCCCCCCCCCCC)C(C)(C)C#N. The van der Waals surface area contributed by atoms with E-state index in [1.165, 1.54) is 154 Å². The average molecular weight is 477 g/mol. The molecule has 0 amide bonds. The molecule has 0 aliphatic heterocycles. The van der Waals surface area contributed by atoms with E-state index in [2.05, 4.69) is 38.7 Å². The van der Waals surface area contributed by atoms with Crippen molar-refractivity contribution in [1.29, 1.82) is 5.26 Å². The van der Waals surface area contributed by atoms with Crippen LogP contribution < -0.4 is 0 Å². The van der Waals surface area contributed by atoms with Crippen LogP contribution in [-0.4, -0.2) is 23.5 Å². The van der Waals surface area contributed by atoms with Gasteiger partial charge in [0.05, 0.1) is 6.07 Å². The predicted octanol–water partition coefficient (Wildman–Crippen LogP) is 11.0. The molecule has 0 unspecified atom stereocenters. The van der Waals surface area contributed by atoms with E-state index < -0.39 is 0 Å². The van der Waals surface area contributed by atoms with Crippen LogP contribution in [0.3, 0.4) is 0 Å². The molecule has 0 spiro atoms. The first-order valence-corrected chi connectivity index (χ1v) is 15.7. The highest BCUT2D eigenvalue weighted by atomic mass is 15.2. The standard InChI is InChI=1S/C32H64N2/c1-5-7-9-11-13-15-17-19-21-23-25-27-29-34(32(3,4)31-33)30-28-26-24-22-20-18-16-14-12-10-8-6-2/h5-30H2,1-4H3. The van der Waals surface area contributed by atoms with Crippen LogP contribution in [0.1, 0.15) is 182 Å². The molecule has 0 aliphatic rings. The third kappa shape index (κ3) is 21.9. The van der Waals surface area contributed by atoms with Crippen LogP contribution in [0.4, 0.5) is 0 Å². The van der Waals surface area contributed by atoms with Gasteiger partial charge in [0.2, 0.25) is 0 Å². The lowest BCUT2D eigenvalue weighted by Gasteiger charge is -2.33. The van der Waals surface area contributed by atoms with Gasteiger partial charge in [-0.2, -0.15) is 5.26 Å². The summed E-state index contributed by atoms with van der Waals surface area (Å²) in [6.45, 7) is 11.0. The Bertz CT molecular complexity index is 409. The van der Waals surface area contributed by atoms with Crippen molar-refractivity contribution in [3.8, 4) is 6.07 Å². The number of unbranched alkanes of at least 4 members (excludes halogenated alkanes) is 22. The summed E-state index contributed by atoms with van der Waals surface area (Å²) < 4.78 is 0. The van der Waals surface area contributed by atoms with Gasteiger partial charge in [-0.25, -0.2) is 0 Å². The van der Waals surface area contributed by atoms with Crippen molar-refractivity contribution in [1.82, 2.24) is 4.90 Å². The number of hydrogen-bond acceptors (Lipinski definition) is 2. The third-order valence-corrected chi connectivity index (χ3v) is 7.63. The number of nitriles is 1. The third-order valence-electron chi connectivity index (χ3n) is 7.63. The Kier molecular flexibility index (Phi) is 25.1. The zero-order valence-electron chi connectivity index (χ0n) is 24.3. The van der Waals surface area contributed by atoms with Gasteiger partial charge in [0.1, 0.15) is 5.54 Å². The first-order chi connectivity index (χ1) is 16.6. The predicted molar refractivity (Wildman–Crippen MR) is 153 cm³/mol. The normalized spacial score (nSPS) is 11.9. The lowest BCUT2D eigenvalue weighted by Crippen LogP contribution is -2.43. The minimum Gasteiger partial charge on any atom is -0.286 e. The second kappa shape index (κ2) is 25.5. The van der Waals surface area contributed by atoms with Crippen molar-refractivity contribution in [2.45, 2.75) is 187 Å². The van der Waals surface area contributed by atoms with Crippen LogP contribution in [0.5, 0.6) is 0 Å². The summed E-state index contributed by atoms with van der Waals surface area (Å²) in [6.07, 6.45) is 33.4. The van der Waals surface area contributed by atoms with Gasteiger partial charge in [-0.1, -0.05) is 155 Å². The summed E-state index contributed by atoms with van der Waals surface area (Å²) in [7, 11) is 0. The van der Waals surface area contributed by atoms with Crippen molar-refractivity contribution in [3.63, 3.8) is 0 Å². The van der Waals surface area contributed by atoms with E-state index >= 15 is 0 Å². The maximum atomic E-state index is 9.66. The Hall–Kier alpha value is -0.550. The molecule has 0 radical (unpaired) electrons. The van der Waals surface area contributed by atoms with Crippen molar-refractivity contribution < 1.29 is 0 Å². The van der Waals surface area contributed by atoms with Gasteiger partial charge in [-0.05, 0) is 39.8 Å². The Balaban J connectivity index is 3.70. The van der Waals surface area contributed by atoms with E-state index in [4.69, 9.17) is 0 Å². The van der Waals surface area contributed by atoms with Gasteiger partial charge in [0, 0.05) is 0 Å². The number of hydrogen-bond donors (Lipinski definition) is 0. The summed E-state index contributed by atoms with van der Waals surface area (Å²) in [5.41, 5.74) is -0.324. The van der Waals surface area contributed by atoms with Gasteiger partial charge < -0.3 is 0 Å². The van der Waals surface area contributed by atoms with E-state index in [1.807, 2.05) is 0 Å². The molecule has 0 saturated heterocycles. The molecule has 0 aromatic rings. The maximum absolute atomic E-state index is 9.66. The topological polar surface area (TPSA) is 27.0 Å². The minimum atomic E-state index is -0.324. The molecule has 0 atom stereocenters. The smallest absolute Gasteiger partial charge is 0.103 e. The molecule has 2 nitrogen and oxygen atoms in total. The van der Waals surface area contributed by atoms with Crippen LogP contribution >= 0.6 is 0 Å². The van der Waals surface area contributed by atoms with E-state index in [0.717, 1.165) is 13.1 Å². The lowest BCUT2D eigenvalue weighted by molar-refractivity contribution is 0.160. The highest BCUT2D eigenvalue weighted by Crippen LogP contribution is 2.18. The second-order valence-electron chi connectivity index (χ2n) is 11.4. The molecule has 0 bridgehead atoms. The van der Waals surface area contributed by atoms with E-state index in [1.54, 1.807) is 0 Å². The highest BCUT2D eigenvalue weighted by Gasteiger charge is 2.25. The van der Waals surface area contributed by atoms with Gasteiger partial charge in [-0.3, -0.25) is 4.90 Å². The van der Waals surface area contributed by atoms with Gasteiger partial charge in [0.25, 0.3) is 0 Å². The van der Waals surface area contributed by atoms with E-state index in [9.17, 15) is 5.26 Å². The molecule has 2 heteroatoms. The van der Waals surface area contributed by atoms with Crippen LogP contribution in [0.25, 0.3) is 0 Å². The fourth-order valence-electron chi connectivity index (χ4n) is 5.03. The fraction of sp³-hybridized carbons (Fsp3) is 0.969. The maximum Gasteiger partial charge on any atom is 0.103 e. The molecule has 0 fully saturated rings. The Labute approximate surface area is 216 Å². The quantitative estimate of drug-likeness (QED) is 0.110. The Morgan fingerprint density at radius 2 is 0.676 bits per heavy atom. The molecule has 0 aliphatic carbocycles.